The predicted octanol–water partition coefficient (Wildman–Crippen LogP) is 4.82. The summed E-state index contributed by atoms with van der Waals surface area (Å²) in [5.74, 6) is -2.51. The molecule has 0 aromatic heterocycles. The highest BCUT2D eigenvalue weighted by Gasteiger charge is 2.32. The Bertz CT molecular complexity index is 1340. The number of halogens is 3. The molecule has 0 fully saturated rings. The number of sulfonamides is 1. The lowest BCUT2D eigenvalue weighted by atomic mass is 9.91. The van der Waals surface area contributed by atoms with Crippen LogP contribution in [0, 0.1) is 24.4 Å². The van der Waals surface area contributed by atoms with Crippen LogP contribution < -0.4 is 10.0 Å². The first-order chi connectivity index (χ1) is 15.2. The molecule has 9 heteroatoms. The number of aliphatic imine (C=N–C) groups is 1. The summed E-state index contributed by atoms with van der Waals surface area (Å²) >= 11 is 0. The van der Waals surface area contributed by atoms with Crippen LogP contribution in [-0.4, -0.2) is 14.4 Å². The van der Waals surface area contributed by atoms with Crippen LogP contribution in [0.4, 0.5) is 18.9 Å². The number of hydrogen-bond acceptors (Lipinski definition) is 3. The maximum absolute atomic E-state index is 14.9. The minimum absolute atomic E-state index is 0.00268. The molecule has 0 amide bonds. The Labute approximate surface area is 184 Å². The van der Waals surface area contributed by atoms with Gasteiger partial charge >= 0.3 is 0 Å². The summed E-state index contributed by atoms with van der Waals surface area (Å²) in [6, 6.07) is 12.7. The van der Waals surface area contributed by atoms with E-state index in [0.29, 0.717) is 11.1 Å². The molecule has 1 aliphatic rings. The second-order valence-corrected chi connectivity index (χ2v) is 9.15. The van der Waals surface area contributed by atoms with E-state index in [4.69, 9.17) is 0 Å². The number of rotatable bonds is 4. The molecule has 0 aliphatic carbocycles. The Balaban J connectivity index is 1.78. The first kappa shape index (κ1) is 21.9. The lowest BCUT2D eigenvalue weighted by Gasteiger charge is -2.26. The van der Waals surface area contributed by atoms with Gasteiger partial charge in [-0.2, -0.15) is 0 Å². The Morgan fingerprint density at radius 1 is 0.938 bits per heavy atom. The molecular formula is C23H20F3N3O2S. The highest BCUT2D eigenvalue weighted by atomic mass is 32.2. The highest BCUT2D eigenvalue weighted by Crippen LogP contribution is 2.38. The van der Waals surface area contributed by atoms with Crippen molar-refractivity contribution in [1.29, 1.82) is 0 Å². The monoisotopic (exact) mass is 459 g/mol. The number of hydrogen-bond donors (Lipinski definition) is 2. The molecule has 2 N–H and O–H groups in total. The highest BCUT2D eigenvalue weighted by molar-refractivity contribution is 7.90. The average Bonchev–Trinajstić information content (AvgIpc) is 2.74. The molecule has 4 rings (SSSR count). The van der Waals surface area contributed by atoms with Crippen molar-refractivity contribution in [1.82, 2.24) is 4.72 Å². The zero-order valence-corrected chi connectivity index (χ0v) is 18.1. The summed E-state index contributed by atoms with van der Waals surface area (Å²) in [4.78, 5) is 4.05. The van der Waals surface area contributed by atoms with Gasteiger partial charge in [0.25, 0.3) is 10.0 Å². The summed E-state index contributed by atoms with van der Waals surface area (Å²) < 4.78 is 71.0. The summed E-state index contributed by atoms with van der Waals surface area (Å²) in [5.41, 5.74) is 1.20. The fourth-order valence-corrected chi connectivity index (χ4v) is 4.87. The van der Waals surface area contributed by atoms with Gasteiger partial charge in [0, 0.05) is 11.5 Å². The standard InChI is InChI=1S/C23H20F3N3O2S/c1-13-15(6-5-9-17(13)24)12-27-23-28-22-20(32(30,31)29-23)11-10-19(26)21(22)14(2)16-7-3-4-8-18(16)25/h3-11,14H,12H2,1-2H3,(H2,27,28,29)/t14-/m0/s1. The molecule has 0 saturated heterocycles. The third-order valence-corrected chi connectivity index (χ3v) is 6.89. The molecule has 0 saturated carbocycles. The molecule has 1 atom stereocenters. The zero-order valence-electron chi connectivity index (χ0n) is 17.3. The molecule has 32 heavy (non-hydrogen) atoms. The smallest absolute Gasteiger partial charge is 0.266 e. The quantitative estimate of drug-likeness (QED) is 0.588. The molecular weight excluding hydrogens is 439 g/mol. The van der Waals surface area contributed by atoms with E-state index in [0.717, 1.165) is 12.1 Å². The minimum atomic E-state index is -4.06. The second-order valence-electron chi connectivity index (χ2n) is 7.50. The molecule has 3 aromatic rings. The van der Waals surface area contributed by atoms with Gasteiger partial charge in [0.15, 0.2) is 0 Å². The van der Waals surface area contributed by atoms with Gasteiger partial charge in [-0.15, -0.1) is 0 Å². The number of nitrogens with zero attached hydrogens (tertiary/aromatic N) is 1. The van der Waals surface area contributed by atoms with E-state index < -0.39 is 33.4 Å². The van der Waals surface area contributed by atoms with Crippen molar-refractivity contribution in [2.45, 2.75) is 31.2 Å². The normalized spacial score (nSPS) is 16.7. The van der Waals surface area contributed by atoms with Gasteiger partial charge in [-0.1, -0.05) is 37.3 Å². The Kier molecular flexibility index (Phi) is 5.68. The van der Waals surface area contributed by atoms with Crippen LogP contribution in [0.25, 0.3) is 0 Å². The molecule has 166 valence electrons. The van der Waals surface area contributed by atoms with Crippen molar-refractivity contribution >= 4 is 21.7 Å². The summed E-state index contributed by atoms with van der Waals surface area (Å²) in [6.07, 6.45) is 0. The van der Waals surface area contributed by atoms with Gasteiger partial charge in [-0.25, -0.2) is 31.3 Å². The first-order valence-electron chi connectivity index (χ1n) is 9.84. The fourth-order valence-electron chi connectivity index (χ4n) is 3.72. The maximum atomic E-state index is 14.9. The fraction of sp³-hybridized carbons (Fsp3) is 0.174. The van der Waals surface area contributed by atoms with Crippen LogP contribution in [-0.2, 0) is 16.6 Å². The topological polar surface area (TPSA) is 70.6 Å². The Morgan fingerprint density at radius 3 is 2.41 bits per heavy atom. The van der Waals surface area contributed by atoms with Crippen LogP contribution in [0.2, 0.25) is 0 Å². The van der Waals surface area contributed by atoms with Crippen molar-refractivity contribution in [3.05, 3.63) is 94.3 Å². The number of anilines is 1. The van der Waals surface area contributed by atoms with Crippen LogP contribution in [0.15, 0.2) is 64.5 Å². The molecule has 0 bridgehead atoms. The molecule has 0 radical (unpaired) electrons. The maximum Gasteiger partial charge on any atom is 0.266 e. The predicted molar refractivity (Wildman–Crippen MR) is 117 cm³/mol. The van der Waals surface area contributed by atoms with Gasteiger partial charge in [0.05, 0.1) is 12.2 Å². The van der Waals surface area contributed by atoms with Gasteiger partial charge in [-0.3, -0.25) is 0 Å². The van der Waals surface area contributed by atoms with E-state index in [1.54, 1.807) is 26.0 Å². The SMILES string of the molecule is Cc1c(F)cccc1CN=C1Nc2c(ccc(F)c2[C@@H](C)c2ccccc2F)S(=O)(=O)N1. The number of fused-ring (bicyclic) bond motifs is 1. The first-order valence-corrected chi connectivity index (χ1v) is 11.3. The molecule has 0 unspecified atom stereocenters. The van der Waals surface area contributed by atoms with E-state index in [1.165, 1.54) is 30.3 Å². The van der Waals surface area contributed by atoms with Crippen molar-refractivity contribution < 1.29 is 21.6 Å². The summed E-state index contributed by atoms with van der Waals surface area (Å²) in [5, 5.41) is 2.84. The Morgan fingerprint density at radius 2 is 1.66 bits per heavy atom. The van der Waals surface area contributed by atoms with Crippen LogP contribution in [0.5, 0.6) is 0 Å². The third-order valence-electron chi connectivity index (χ3n) is 5.51. The largest absolute Gasteiger partial charge is 0.324 e. The number of nitrogens with one attached hydrogen (secondary N) is 2. The summed E-state index contributed by atoms with van der Waals surface area (Å²) in [6.45, 7) is 3.19. The average molecular weight is 459 g/mol. The Hall–Kier alpha value is -3.33. The molecule has 1 heterocycles. The van der Waals surface area contributed by atoms with Crippen molar-refractivity contribution in [3.8, 4) is 0 Å². The van der Waals surface area contributed by atoms with E-state index in [1.807, 2.05) is 0 Å². The molecule has 0 spiro atoms. The van der Waals surface area contributed by atoms with Crippen LogP contribution >= 0.6 is 0 Å². The van der Waals surface area contributed by atoms with Crippen molar-refractivity contribution in [2.75, 3.05) is 5.32 Å². The van der Waals surface area contributed by atoms with Crippen LogP contribution in [0.3, 0.4) is 0 Å². The molecule has 3 aromatic carbocycles. The van der Waals surface area contributed by atoms with Crippen molar-refractivity contribution in [3.63, 3.8) is 0 Å². The molecule has 1 aliphatic heterocycles. The van der Waals surface area contributed by atoms with Crippen molar-refractivity contribution in [2.24, 2.45) is 4.99 Å². The van der Waals surface area contributed by atoms with E-state index >= 15 is 0 Å². The zero-order chi connectivity index (χ0) is 23.0. The van der Waals surface area contributed by atoms with E-state index in [-0.39, 0.29) is 34.2 Å². The molecule has 5 nitrogen and oxygen atoms in total. The van der Waals surface area contributed by atoms with Gasteiger partial charge in [0.2, 0.25) is 5.96 Å². The van der Waals surface area contributed by atoms with Gasteiger partial charge in [-0.05, 0) is 47.9 Å². The number of benzene rings is 3. The van der Waals surface area contributed by atoms with Gasteiger partial charge < -0.3 is 5.32 Å². The second kappa shape index (κ2) is 8.31. The van der Waals surface area contributed by atoms with E-state index in [2.05, 4.69) is 15.0 Å². The number of guanidine groups is 1. The van der Waals surface area contributed by atoms with Gasteiger partial charge in [0.1, 0.15) is 22.3 Å². The minimum Gasteiger partial charge on any atom is -0.324 e. The summed E-state index contributed by atoms with van der Waals surface area (Å²) in [7, 11) is -4.06. The third kappa shape index (κ3) is 3.95. The van der Waals surface area contributed by atoms with Crippen LogP contribution in [0.1, 0.15) is 35.1 Å². The van der Waals surface area contributed by atoms with E-state index in [9.17, 15) is 21.6 Å². The lowest BCUT2D eigenvalue weighted by molar-refractivity contribution is 0.577. The lowest BCUT2D eigenvalue weighted by Crippen LogP contribution is -2.41.